The molecule has 1 aliphatic heterocycles. The maximum absolute atomic E-state index is 12.5. The number of carboxylic acids is 1. The van der Waals surface area contributed by atoms with Gasteiger partial charge in [-0.15, -0.1) is 0 Å². The number of benzene rings is 1. The lowest BCUT2D eigenvalue weighted by Crippen LogP contribution is -2.54. The van der Waals surface area contributed by atoms with Gasteiger partial charge in [0.25, 0.3) is 5.91 Å². The number of ether oxygens (including phenoxy) is 2. The van der Waals surface area contributed by atoms with Crippen LogP contribution in [-0.2, 0) is 19.1 Å². The first-order valence-corrected chi connectivity index (χ1v) is 6.34. The van der Waals surface area contributed by atoms with Gasteiger partial charge in [-0.25, -0.2) is 4.79 Å². The average molecular weight is 279 g/mol. The van der Waals surface area contributed by atoms with Crippen molar-refractivity contribution < 1.29 is 24.2 Å². The van der Waals surface area contributed by atoms with Crippen LogP contribution in [0.4, 0.5) is 0 Å². The lowest BCUT2D eigenvalue weighted by atomic mass is 10.1. The van der Waals surface area contributed by atoms with Crippen LogP contribution in [0.2, 0.25) is 0 Å². The van der Waals surface area contributed by atoms with E-state index >= 15 is 0 Å². The molecule has 0 aliphatic carbocycles. The number of aliphatic carboxylic acids is 1. The molecule has 1 N–H and O–H groups in total. The van der Waals surface area contributed by atoms with Crippen molar-refractivity contribution in [1.29, 1.82) is 0 Å². The Hall–Kier alpha value is -1.92. The lowest BCUT2D eigenvalue weighted by Gasteiger charge is -2.34. The molecule has 1 aromatic carbocycles. The van der Waals surface area contributed by atoms with Crippen molar-refractivity contribution in [3.05, 3.63) is 35.9 Å². The van der Waals surface area contributed by atoms with E-state index in [1.807, 2.05) is 18.2 Å². The van der Waals surface area contributed by atoms with E-state index in [0.29, 0.717) is 12.2 Å². The van der Waals surface area contributed by atoms with E-state index in [0.717, 1.165) is 0 Å². The van der Waals surface area contributed by atoms with Crippen molar-refractivity contribution in [1.82, 2.24) is 4.90 Å². The topological polar surface area (TPSA) is 76.1 Å². The summed E-state index contributed by atoms with van der Waals surface area (Å²) < 4.78 is 10.4. The van der Waals surface area contributed by atoms with E-state index in [1.165, 1.54) is 12.0 Å². The molecule has 6 nitrogen and oxygen atoms in total. The Morgan fingerprint density at radius 1 is 1.40 bits per heavy atom. The highest BCUT2D eigenvalue weighted by Gasteiger charge is 2.36. The number of carboxylic acid groups (broad SMARTS) is 1. The second-order valence-electron chi connectivity index (χ2n) is 4.49. The fourth-order valence-electron chi connectivity index (χ4n) is 2.23. The zero-order valence-electron chi connectivity index (χ0n) is 11.2. The Bertz CT molecular complexity index is 476. The zero-order valence-corrected chi connectivity index (χ0v) is 11.2. The highest BCUT2D eigenvalue weighted by molar-refractivity contribution is 5.87. The number of methoxy groups -OCH3 is 1. The fourth-order valence-corrected chi connectivity index (χ4v) is 2.23. The van der Waals surface area contributed by atoms with Crippen molar-refractivity contribution in [2.75, 3.05) is 26.9 Å². The van der Waals surface area contributed by atoms with Crippen LogP contribution in [0.15, 0.2) is 30.3 Å². The van der Waals surface area contributed by atoms with E-state index in [4.69, 9.17) is 14.6 Å². The minimum absolute atomic E-state index is 0.00625. The summed E-state index contributed by atoms with van der Waals surface area (Å²) in [6.45, 7) is 0.593. The molecule has 0 bridgehead atoms. The summed E-state index contributed by atoms with van der Waals surface area (Å²) in [5, 5.41) is 9.17. The Morgan fingerprint density at radius 3 is 2.70 bits per heavy atom. The number of morpholine rings is 1. The van der Waals surface area contributed by atoms with Gasteiger partial charge in [-0.1, -0.05) is 30.3 Å². The van der Waals surface area contributed by atoms with Crippen LogP contribution in [0, 0.1) is 0 Å². The van der Waals surface area contributed by atoms with Crippen molar-refractivity contribution in [2.45, 2.75) is 12.1 Å². The molecule has 1 unspecified atom stereocenters. The van der Waals surface area contributed by atoms with Crippen LogP contribution in [0.1, 0.15) is 11.7 Å². The van der Waals surface area contributed by atoms with E-state index in [1.54, 1.807) is 12.1 Å². The summed E-state index contributed by atoms with van der Waals surface area (Å²) in [4.78, 5) is 25.0. The van der Waals surface area contributed by atoms with Crippen molar-refractivity contribution in [2.24, 2.45) is 0 Å². The van der Waals surface area contributed by atoms with Crippen molar-refractivity contribution in [3.8, 4) is 0 Å². The van der Waals surface area contributed by atoms with E-state index < -0.39 is 18.1 Å². The number of rotatable bonds is 4. The number of hydrogen-bond acceptors (Lipinski definition) is 4. The summed E-state index contributed by atoms with van der Waals surface area (Å²) in [5.74, 6) is -1.42. The Labute approximate surface area is 116 Å². The van der Waals surface area contributed by atoms with Gasteiger partial charge in [0, 0.05) is 13.7 Å². The molecule has 108 valence electrons. The van der Waals surface area contributed by atoms with Gasteiger partial charge in [0.1, 0.15) is 0 Å². The molecular weight excluding hydrogens is 262 g/mol. The maximum Gasteiger partial charge on any atom is 0.328 e. The predicted octanol–water partition coefficient (Wildman–Crippen LogP) is 0.686. The van der Waals surface area contributed by atoms with Gasteiger partial charge >= 0.3 is 5.97 Å². The lowest BCUT2D eigenvalue weighted by molar-refractivity contribution is -0.163. The summed E-state index contributed by atoms with van der Waals surface area (Å²) in [6.07, 6.45) is -0.795. The first-order valence-electron chi connectivity index (χ1n) is 6.34. The van der Waals surface area contributed by atoms with Crippen LogP contribution in [-0.4, -0.2) is 54.8 Å². The van der Waals surface area contributed by atoms with Crippen LogP contribution >= 0.6 is 0 Å². The molecule has 1 aromatic rings. The molecular formula is C14H17NO5. The Morgan fingerprint density at radius 2 is 2.10 bits per heavy atom. The number of carbonyl (C=O) groups is 2. The second kappa shape index (κ2) is 6.49. The van der Waals surface area contributed by atoms with Crippen LogP contribution in [0.3, 0.4) is 0 Å². The molecule has 1 amide bonds. The maximum atomic E-state index is 12.5. The third-order valence-electron chi connectivity index (χ3n) is 3.26. The first kappa shape index (κ1) is 14.5. The Kier molecular flexibility index (Phi) is 4.70. The van der Waals surface area contributed by atoms with Crippen LogP contribution < -0.4 is 0 Å². The third-order valence-corrected chi connectivity index (χ3v) is 3.26. The highest BCUT2D eigenvalue weighted by atomic mass is 16.5. The number of hydrogen-bond donors (Lipinski definition) is 1. The molecule has 6 heteroatoms. The van der Waals surface area contributed by atoms with Gasteiger partial charge in [0.15, 0.2) is 12.1 Å². The SMILES string of the molecule is CO[C@@H](C(=O)N1CCOCC1C(=O)O)c1ccccc1. The average Bonchev–Trinajstić information content (AvgIpc) is 2.49. The standard InChI is InChI=1S/C14H17NO5/c1-19-12(10-5-3-2-4-6-10)13(16)15-7-8-20-9-11(15)14(17)18/h2-6,11-12H,7-9H2,1H3,(H,17,18)/t11?,12-/m1/s1. The van der Waals surface area contributed by atoms with Crippen molar-refractivity contribution in [3.63, 3.8) is 0 Å². The number of nitrogens with zero attached hydrogens (tertiary/aromatic N) is 1. The van der Waals surface area contributed by atoms with Gasteiger partial charge in [0.05, 0.1) is 13.2 Å². The van der Waals surface area contributed by atoms with Gasteiger partial charge in [-0.05, 0) is 5.56 Å². The smallest absolute Gasteiger partial charge is 0.328 e. The van der Waals surface area contributed by atoms with Gasteiger partial charge in [-0.3, -0.25) is 4.79 Å². The molecule has 0 saturated carbocycles. The monoisotopic (exact) mass is 279 g/mol. The number of carbonyl (C=O) groups excluding carboxylic acids is 1. The predicted molar refractivity (Wildman–Crippen MR) is 70.1 cm³/mol. The molecule has 20 heavy (non-hydrogen) atoms. The summed E-state index contributed by atoms with van der Waals surface area (Å²) in [6, 6.07) is 8.06. The third kappa shape index (κ3) is 2.97. The van der Waals surface area contributed by atoms with Gasteiger partial charge in [-0.2, -0.15) is 0 Å². The van der Waals surface area contributed by atoms with Gasteiger partial charge < -0.3 is 19.5 Å². The van der Waals surface area contributed by atoms with E-state index in [2.05, 4.69) is 0 Å². The fraction of sp³-hybridized carbons (Fsp3) is 0.429. The highest BCUT2D eigenvalue weighted by Crippen LogP contribution is 2.21. The summed E-state index contributed by atoms with van der Waals surface area (Å²) >= 11 is 0. The quantitative estimate of drug-likeness (QED) is 0.877. The van der Waals surface area contributed by atoms with E-state index in [9.17, 15) is 9.59 Å². The molecule has 1 aliphatic rings. The van der Waals surface area contributed by atoms with Crippen LogP contribution in [0.25, 0.3) is 0 Å². The second-order valence-corrected chi connectivity index (χ2v) is 4.49. The molecule has 1 heterocycles. The molecule has 0 aromatic heterocycles. The van der Waals surface area contributed by atoms with Crippen LogP contribution in [0.5, 0.6) is 0 Å². The van der Waals surface area contributed by atoms with Crippen molar-refractivity contribution >= 4 is 11.9 Å². The first-order chi connectivity index (χ1) is 9.65. The summed E-state index contributed by atoms with van der Waals surface area (Å²) in [5.41, 5.74) is 0.704. The van der Waals surface area contributed by atoms with Gasteiger partial charge in [0.2, 0.25) is 0 Å². The number of amides is 1. The molecule has 1 saturated heterocycles. The molecule has 0 radical (unpaired) electrons. The normalized spacial score (nSPS) is 20.4. The largest absolute Gasteiger partial charge is 0.480 e. The molecule has 0 spiro atoms. The minimum atomic E-state index is -1.07. The molecule has 1 fully saturated rings. The summed E-state index contributed by atoms with van der Waals surface area (Å²) in [7, 11) is 1.44. The molecule has 2 rings (SSSR count). The minimum Gasteiger partial charge on any atom is -0.480 e. The Balaban J connectivity index is 2.21. The molecule has 2 atom stereocenters. The van der Waals surface area contributed by atoms with E-state index in [-0.39, 0.29) is 19.1 Å². The zero-order chi connectivity index (χ0) is 14.5.